The number of ether oxygens (including phenoxy) is 2. The molecular weight excluding hydrogens is 316 g/mol. The zero-order chi connectivity index (χ0) is 18.3. The Labute approximate surface area is 148 Å². The first kappa shape index (κ1) is 18.5. The lowest BCUT2D eigenvalue weighted by atomic mass is 9.86. The molecule has 0 radical (unpaired) electrons. The second kappa shape index (κ2) is 8.33. The van der Waals surface area contributed by atoms with Gasteiger partial charge in [-0.2, -0.15) is 5.10 Å². The summed E-state index contributed by atoms with van der Waals surface area (Å²) in [7, 11) is 1.61. The molecule has 0 unspecified atom stereocenters. The highest BCUT2D eigenvalue weighted by Crippen LogP contribution is 2.30. The average molecular weight is 340 g/mol. The van der Waals surface area contributed by atoms with Gasteiger partial charge in [0.05, 0.1) is 13.3 Å². The maximum absolute atomic E-state index is 11.9. The van der Waals surface area contributed by atoms with Crippen molar-refractivity contribution < 1.29 is 14.3 Å². The van der Waals surface area contributed by atoms with E-state index in [-0.39, 0.29) is 17.9 Å². The minimum atomic E-state index is -0.312. The molecule has 1 amide bonds. The zero-order valence-corrected chi connectivity index (χ0v) is 15.1. The molecule has 0 bridgehead atoms. The Kier molecular flexibility index (Phi) is 6.17. The van der Waals surface area contributed by atoms with Crippen LogP contribution in [0.4, 0.5) is 0 Å². The van der Waals surface area contributed by atoms with E-state index in [9.17, 15) is 4.79 Å². The first-order chi connectivity index (χ1) is 11.9. The third-order valence-electron chi connectivity index (χ3n) is 3.57. The summed E-state index contributed by atoms with van der Waals surface area (Å²) in [5.74, 6) is 1.17. The molecule has 25 heavy (non-hydrogen) atoms. The number of methoxy groups -OCH3 is 1. The monoisotopic (exact) mass is 340 g/mol. The molecule has 5 nitrogen and oxygen atoms in total. The summed E-state index contributed by atoms with van der Waals surface area (Å²) in [6, 6.07) is 15.1. The number of carbonyl (C=O) groups excluding carboxylic acids is 1. The van der Waals surface area contributed by atoms with Crippen LogP contribution in [0, 0.1) is 0 Å². The third-order valence-corrected chi connectivity index (χ3v) is 3.57. The van der Waals surface area contributed by atoms with Crippen molar-refractivity contribution in [3.05, 3.63) is 59.7 Å². The van der Waals surface area contributed by atoms with Gasteiger partial charge in [-0.3, -0.25) is 4.79 Å². The fraction of sp³-hybridized carbons (Fsp3) is 0.300. The Balaban J connectivity index is 1.88. The molecule has 0 fully saturated rings. The van der Waals surface area contributed by atoms with E-state index in [2.05, 4.69) is 31.3 Å². The highest BCUT2D eigenvalue weighted by Gasteiger charge is 2.18. The van der Waals surface area contributed by atoms with E-state index in [0.717, 1.165) is 16.9 Å². The second-order valence-corrected chi connectivity index (χ2v) is 6.60. The highest BCUT2D eigenvalue weighted by atomic mass is 16.5. The van der Waals surface area contributed by atoms with Crippen LogP contribution in [0.5, 0.6) is 11.5 Å². The molecular formula is C20H24N2O3. The van der Waals surface area contributed by atoms with Crippen LogP contribution in [0.15, 0.2) is 53.6 Å². The molecule has 1 N–H and O–H groups in total. The van der Waals surface area contributed by atoms with E-state index >= 15 is 0 Å². The van der Waals surface area contributed by atoms with Crippen LogP contribution in [-0.4, -0.2) is 25.8 Å². The van der Waals surface area contributed by atoms with Gasteiger partial charge in [-0.15, -0.1) is 0 Å². The first-order valence-corrected chi connectivity index (χ1v) is 8.08. The van der Waals surface area contributed by atoms with Gasteiger partial charge in [-0.1, -0.05) is 39.0 Å². The van der Waals surface area contributed by atoms with Gasteiger partial charge < -0.3 is 9.47 Å². The molecule has 2 aromatic rings. The largest absolute Gasteiger partial charge is 0.497 e. The van der Waals surface area contributed by atoms with Crippen LogP contribution < -0.4 is 14.9 Å². The maximum Gasteiger partial charge on any atom is 0.277 e. The van der Waals surface area contributed by atoms with Crippen LogP contribution in [0.25, 0.3) is 0 Å². The predicted octanol–water partition coefficient (Wildman–Crippen LogP) is 3.52. The molecule has 132 valence electrons. The number of carbonyl (C=O) groups is 1. The molecule has 0 aliphatic carbocycles. The molecule has 0 spiro atoms. The molecule has 0 aliphatic rings. The summed E-state index contributed by atoms with van der Waals surface area (Å²) < 4.78 is 10.7. The number of hydrazone groups is 1. The molecule has 0 saturated carbocycles. The topological polar surface area (TPSA) is 59.9 Å². The quantitative estimate of drug-likeness (QED) is 0.646. The van der Waals surface area contributed by atoms with Crippen molar-refractivity contribution in [2.24, 2.45) is 5.10 Å². The van der Waals surface area contributed by atoms with Crippen LogP contribution in [0.1, 0.15) is 31.9 Å². The molecule has 0 aliphatic heterocycles. The fourth-order valence-electron chi connectivity index (χ4n) is 2.26. The van der Waals surface area contributed by atoms with E-state index in [1.165, 1.54) is 0 Å². The first-order valence-electron chi connectivity index (χ1n) is 8.08. The van der Waals surface area contributed by atoms with Gasteiger partial charge in [0.2, 0.25) is 0 Å². The summed E-state index contributed by atoms with van der Waals surface area (Å²) in [6.07, 6.45) is 1.57. The SMILES string of the molecule is COc1ccc(/C=N/NC(=O)COc2ccccc2C(C)(C)C)cc1. The minimum Gasteiger partial charge on any atom is -0.497 e. The Bertz CT molecular complexity index is 731. The number of amides is 1. The molecule has 0 aromatic heterocycles. The Morgan fingerprint density at radius 3 is 2.44 bits per heavy atom. The summed E-state index contributed by atoms with van der Waals surface area (Å²) in [5, 5.41) is 3.94. The number of nitrogens with one attached hydrogen (secondary N) is 1. The van der Waals surface area contributed by atoms with Crippen molar-refractivity contribution in [2.75, 3.05) is 13.7 Å². The summed E-state index contributed by atoms with van der Waals surface area (Å²) in [4.78, 5) is 11.9. The summed E-state index contributed by atoms with van der Waals surface area (Å²) in [5.41, 5.74) is 4.33. The van der Waals surface area contributed by atoms with Gasteiger partial charge in [0.25, 0.3) is 5.91 Å². The highest BCUT2D eigenvalue weighted by molar-refractivity contribution is 5.83. The average Bonchev–Trinajstić information content (AvgIpc) is 2.60. The zero-order valence-electron chi connectivity index (χ0n) is 15.1. The van der Waals surface area contributed by atoms with Gasteiger partial charge >= 0.3 is 0 Å². The van der Waals surface area contributed by atoms with Gasteiger partial charge in [0.15, 0.2) is 6.61 Å². The molecule has 0 heterocycles. The molecule has 0 atom stereocenters. The van der Waals surface area contributed by atoms with Crippen LogP contribution in [-0.2, 0) is 10.2 Å². The van der Waals surface area contributed by atoms with E-state index in [1.54, 1.807) is 13.3 Å². The van der Waals surface area contributed by atoms with Crippen molar-refractivity contribution in [1.29, 1.82) is 0 Å². The Hall–Kier alpha value is -2.82. The Morgan fingerprint density at radius 1 is 1.12 bits per heavy atom. The molecule has 5 heteroatoms. The summed E-state index contributed by atoms with van der Waals surface area (Å²) >= 11 is 0. The minimum absolute atomic E-state index is 0.0560. The smallest absolute Gasteiger partial charge is 0.277 e. The predicted molar refractivity (Wildman–Crippen MR) is 99.4 cm³/mol. The van der Waals surface area contributed by atoms with Crippen molar-refractivity contribution >= 4 is 12.1 Å². The molecule has 2 rings (SSSR count). The van der Waals surface area contributed by atoms with Crippen molar-refractivity contribution in [2.45, 2.75) is 26.2 Å². The van der Waals surface area contributed by atoms with E-state index in [0.29, 0.717) is 5.75 Å². The third kappa shape index (κ3) is 5.64. The lowest BCUT2D eigenvalue weighted by Crippen LogP contribution is -2.25. The van der Waals surface area contributed by atoms with E-state index in [4.69, 9.17) is 9.47 Å². The van der Waals surface area contributed by atoms with Gasteiger partial charge in [-0.25, -0.2) is 5.43 Å². The van der Waals surface area contributed by atoms with Crippen molar-refractivity contribution in [3.63, 3.8) is 0 Å². The van der Waals surface area contributed by atoms with Crippen LogP contribution in [0.2, 0.25) is 0 Å². The van der Waals surface area contributed by atoms with Crippen molar-refractivity contribution in [1.82, 2.24) is 5.43 Å². The van der Waals surface area contributed by atoms with Gasteiger partial charge in [0, 0.05) is 0 Å². The van der Waals surface area contributed by atoms with E-state index in [1.807, 2.05) is 48.5 Å². The van der Waals surface area contributed by atoms with Gasteiger partial charge in [-0.05, 0) is 46.9 Å². The lowest BCUT2D eigenvalue weighted by molar-refractivity contribution is -0.123. The summed E-state index contributed by atoms with van der Waals surface area (Å²) in [6.45, 7) is 6.23. The number of hydrogen-bond donors (Lipinski definition) is 1. The van der Waals surface area contributed by atoms with Crippen molar-refractivity contribution in [3.8, 4) is 11.5 Å². The lowest BCUT2D eigenvalue weighted by Gasteiger charge is -2.22. The maximum atomic E-state index is 11.9. The van der Waals surface area contributed by atoms with E-state index < -0.39 is 0 Å². The van der Waals surface area contributed by atoms with Crippen LogP contribution >= 0.6 is 0 Å². The van der Waals surface area contributed by atoms with Crippen LogP contribution in [0.3, 0.4) is 0 Å². The molecule has 2 aromatic carbocycles. The number of hydrogen-bond acceptors (Lipinski definition) is 4. The fourth-order valence-corrected chi connectivity index (χ4v) is 2.26. The molecule has 0 saturated heterocycles. The second-order valence-electron chi connectivity index (χ2n) is 6.60. The standard InChI is InChI=1S/C20H24N2O3/c1-20(2,3)17-7-5-6-8-18(17)25-14-19(23)22-21-13-15-9-11-16(24-4)12-10-15/h5-13H,14H2,1-4H3,(H,22,23)/b21-13+. The number of para-hydroxylation sites is 1. The number of nitrogens with zero attached hydrogens (tertiary/aromatic N) is 1. The van der Waals surface area contributed by atoms with Gasteiger partial charge in [0.1, 0.15) is 11.5 Å². The Morgan fingerprint density at radius 2 is 1.80 bits per heavy atom. The number of rotatable bonds is 6. The normalized spacial score (nSPS) is 11.4. The number of benzene rings is 2.